The number of carbonyl (C=O) groups is 3. The molecule has 0 bridgehead atoms. The number of piperidine rings is 1. The Kier molecular flexibility index (Phi) is 18.3. The number of carbonyl (C=O) groups excluding carboxylic acids is 3. The Labute approximate surface area is 451 Å². The molecule has 0 spiro atoms. The van der Waals surface area contributed by atoms with Gasteiger partial charge in [-0.25, -0.2) is 14.4 Å². The van der Waals surface area contributed by atoms with E-state index in [1.165, 1.54) is 17.0 Å². The van der Waals surface area contributed by atoms with E-state index in [0.29, 0.717) is 24.3 Å². The monoisotopic (exact) mass is 1080 g/mol. The number of aryl methyl sites for hydroxylation is 3. The number of halogens is 3. The fraction of sp³-hybridized carbons (Fsp3) is 0.481. The molecule has 3 amide bonds. The zero-order chi connectivity index (χ0) is 53.4. The van der Waals surface area contributed by atoms with Crippen LogP contribution in [0.25, 0.3) is 21.6 Å². The average molecular weight is 1090 g/mol. The topological polar surface area (TPSA) is 212 Å². The smallest absolute Gasteiger partial charge is 0.246 e. The van der Waals surface area contributed by atoms with E-state index in [9.17, 15) is 23.9 Å². The molecule has 400 valence electrons. The molecule has 5 atom stereocenters. The molecule has 6 aromatic rings. The van der Waals surface area contributed by atoms with E-state index in [4.69, 9.17) is 38.8 Å². The van der Waals surface area contributed by atoms with Crippen molar-refractivity contribution in [2.75, 3.05) is 31.9 Å². The maximum absolute atomic E-state index is 14.2. The van der Waals surface area contributed by atoms with Crippen molar-refractivity contribution in [2.45, 2.75) is 136 Å². The van der Waals surface area contributed by atoms with Gasteiger partial charge in [-0.2, -0.15) is 5.10 Å². The maximum atomic E-state index is 14.2. The van der Waals surface area contributed by atoms with Crippen LogP contribution in [0.5, 0.6) is 5.75 Å². The molecule has 0 aliphatic carbocycles. The summed E-state index contributed by atoms with van der Waals surface area (Å²) in [6, 6.07) is 10.8. The Hall–Kier alpha value is -5.99. The normalized spacial score (nSPS) is 18.0. The second kappa shape index (κ2) is 24.8. The highest BCUT2D eigenvalue weighted by molar-refractivity contribution is 7.13. The molecule has 17 nitrogen and oxygen atoms in total. The number of benzene rings is 2. The Bertz CT molecular complexity index is 2930. The number of ether oxygens (including phenoxy) is 1. The summed E-state index contributed by atoms with van der Waals surface area (Å²) in [7, 11) is 0. The van der Waals surface area contributed by atoms with Crippen molar-refractivity contribution in [3.05, 3.63) is 111 Å². The van der Waals surface area contributed by atoms with Gasteiger partial charge in [0.2, 0.25) is 17.7 Å². The van der Waals surface area contributed by atoms with Gasteiger partial charge >= 0.3 is 0 Å². The number of aliphatic hydroxyl groups excluding tert-OH is 1. The lowest BCUT2D eigenvalue weighted by molar-refractivity contribution is -0.144. The Balaban J connectivity index is 0.738. The van der Waals surface area contributed by atoms with Crippen LogP contribution in [0.3, 0.4) is 0 Å². The number of nitrogens with zero attached hydrogens (tertiary/aromatic N) is 9. The van der Waals surface area contributed by atoms with E-state index in [0.717, 1.165) is 96.7 Å². The van der Waals surface area contributed by atoms with Gasteiger partial charge in [0.25, 0.3) is 0 Å². The molecular weight excluding hydrogens is 1020 g/mol. The van der Waals surface area contributed by atoms with Crippen LogP contribution in [0.1, 0.15) is 114 Å². The van der Waals surface area contributed by atoms with Crippen LogP contribution in [-0.4, -0.2) is 112 Å². The molecule has 2 aliphatic rings. The molecule has 6 heterocycles. The van der Waals surface area contributed by atoms with E-state index in [-0.39, 0.29) is 65.6 Å². The van der Waals surface area contributed by atoms with Gasteiger partial charge in [0, 0.05) is 79.3 Å². The number of amides is 3. The number of unbranched alkanes of at least 4 members (excludes halogenated alkanes) is 2. The fourth-order valence-corrected chi connectivity index (χ4v) is 11.3. The second-order valence-corrected chi connectivity index (χ2v) is 22.4. The zero-order valence-corrected chi connectivity index (χ0v) is 45.5. The summed E-state index contributed by atoms with van der Waals surface area (Å²) in [6.07, 6.45) is 12.3. The van der Waals surface area contributed by atoms with E-state index in [1.807, 2.05) is 85.4 Å². The predicted molar refractivity (Wildman–Crippen MR) is 288 cm³/mol. The lowest BCUT2D eigenvalue weighted by Gasteiger charge is -2.35. The first-order valence-electron chi connectivity index (χ1n) is 25.7. The minimum absolute atomic E-state index is 0.0158. The lowest BCUT2D eigenvalue weighted by Crippen LogP contribution is -2.57. The van der Waals surface area contributed by atoms with Crippen molar-refractivity contribution in [3.63, 3.8) is 0 Å². The van der Waals surface area contributed by atoms with Crippen LogP contribution in [0.15, 0.2) is 72.8 Å². The molecular formula is C54H67Cl2FN12O5S. The molecule has 1 unspecified atom stereocenters. The van der Waals surface area contributed by atoms with Crippen LogP contribution < -0.4 is 21.1 Å². The standard InChI is InChI=1S/C54H67Cl2FN12O5S/c1-33-49(75-32-61-33)36-16-14-35(15-17-36)25-60-52(72)44-24-41(70)31-68(44)53(73)50(54(3,4)5)63-46(71)13-7-6-8-22-67-29-39(64-65-67)11-9-20-66-21-10-12-40(30-66)69-28-38(27-62-69)37-23-45(51(58)59-26-37)74-34(2)47-42(55)18-19-43(57)48(47)56/h14-19,23,26-29,32,34,40-41,44,50,70H,6-13,20-22,24-25,30-31H2,1-5H3,(H2,58,59)(H,60,72)(H,63,71)/t34-,40?,41-,44+,50-/m1/s1. The highest BCUT2D eigenvalue weighted by Crippen LogP contribution is 2.38. The van der Waals surface area contributed by atoms with Crippen molar-refractivity contribution in [3.8, 4) is 27.3 Å². The first-order chi connectivity index (χ1) is 35.9. The van der Waals surface area contributed by atoms with Gasteiger partial charge in [-0.15, -0.1) is 16.4 Å². The number of β-amino-alcohol motifs (C(OH)–C–C–N with tert-alkyl or cyclic N) is 1. The van der Waals surface area contributed by atoms with Gasteiger partial charge in [0.1, 0.15) is 24.0 Å². The largest absolute Gasteiger partial charge is 0.482 e. The number of aliphatic hydroxyl groups is 1. The van der Waals surface area contributed by atoms with Crippen LogP contribution in [0, 0.1) is 18.2 Å². The summed E-state index contributed by atoms with van der Waals surface area (Å²) in [5.74, 6) is -1.04. The number of nitrogens with two attached hydrogens (primary N) is 1. The summed E-state index contributed by atoms with van der Waals surface area (Å²) in [4.78, 5) is 54.6. The number of pyridine rings is 1. The van der Waals surface area contributed by atoms with E-state index in [1.54, 1.807) is 30.5 Å². The summed E-state index contributed by atoms with van der Waals surface area (Å²) >= 11 is 14.2. The van der Waals surface area contributed by atoms with E-state index in [2.05, 4.69) is 35.8 Å². The molecule has 2 aromatic carbocycles. The van der Waals surface area contributed by atoms with Crippen LogP contribution in [0.4, 0.5) is 10.2 Å². The number of thiazole rings is 1. The van der Waals surface area contributed by atoms with Gasteiger partial charge in [-0.05, 0) is 100 Å². The van der Waals surface area contributed by atoms with E-state index >= 15 is 0 Å². The number of rotatable bonds is 21. The quantitative estimate of drug-likeness (QED) is 0.0394. The van der Waals surface area contributed by atoms with Crippen molar-refractivity contribution >= 4 is 58.1 Å². The van der Waals surface area contributed by atoms with Crippen molar-refractivity contribution in [1.82, 2.24) is 55.2 Å². The summed E-state index contributed by atoms with van der Waals surface area (Å²) in [5, 5.41) is 30.3. The second-order valence-electron chi connectivity index (χ2n) is 20.8. The Morgan fingerprint density at radius 1 is 0.987 bits per heavy atom. The fourth-order valence-electron chi connectivity index (χ4n) is 9.80. The molecule has 4 aromatic heterocycles. The first kappa shape index (κ1) is 55.2. The number of aromatic nitrogens is 7. The Morgan fingerprint density at radius 3 is 2.55 bits per heavy atom. The molecule has 2 aliphatic heterocycles. The molecule has 2 fully saturated rings. The number of hydrogen-bond donors (Lipinski definition) is 4. The van der Waals surface area contributed by atoms with E-state index < -0.39 is 35.5 Å². The highest BCUT2D eigenvalue weighted by Gasteiger charge is 2.44. The van der Waals surface area contributed by atoms with Crippen LogP contribution in [0.2, 0.25) is 10.0 Å². The van der Waals surface area contributed by atoms with Gasteiger partial charge in [-0.1, -0.05) is 79.9 Å². The lowest BCUT2D eigenvalue weighted by atomic mass is 9.85. The zero-order valence-electron chi connectivity index (χ0n) is 43.1. The molecule has 0 saturated carbocycles. The number of hydrogen-bond acceptors (Lipinski definition) is 13. The number of likely N-dealkylation sites (tertiary alicyclic amines) is 2. The van der Waals surface area contributed by atoms with Crippen LogP contribution >= 0.6 is 34.5 Å². The molecule has 2 saturated heterocycles. The van der Waals surface area contributed by atoms with Gasteiger partial charge < -0.3 is 36.0 Å². The van der Waals surface area contributed by atoms with Gasteiger partial charge in [-0.3, -0.25) is 23.7 Å². The molecule has 75 heavy (non-hydrogen) atoms. The third kappa shape index (κ3) is 14.1. The minimum atomic E-state index is -0.882. The van der Waals surface area contributed by atoms with Gasteiger partial charge in [0.05, 0.1) is 45.1 Å². The number of anilines is 1. The molecule has 21 heteroatoms. The maximum Gasteiger partial charge on any atom is 0.246 e. The minimum Gasteiger partial charge on any atom is -0.482 e. The highest BCUT2D eigenvalue weighted by atomic mass is 35.5. The number of nitrogen functional groups attached to an aromatic ring is 1. The summed E-state index contributed by atoms with van der Waals surface area (Å²) < 4.78 is 24.2. The molecule has 8 rings (SSSR count). The van der Waals surface area contributed by atoms with Crippen molar-refractivity contribution < 1.29 is 28.6 Å². The van der Waals surface area contributed by atoms with Gasteiger partial charge in [0.15, 0.2) is 11.6 Å². The molecule has 5 N–H and O–H groups in total. The molecule has 0 radical (unpaired) electrons. The SMILES string of the molecule is Cc1ncsc1-c1ccc(CNC(=O)[C@@H]2C[C@@H](O)CN2C(=O)[C@@H](NC(=O)CCCCCn2cc(CCCN3CCCC(n4cc(-c5cnc(N)c(O[C@H](C)c6c(Cl)ccc(F)c6Cl)c5)cn4)C3)nn2)C(C)(C)C)cc1. The third-order valence-corrected chi connectivity index (χ3v) is 15.6. The van der Waals surface area contributed by atoms with Crippen LogP contribution in [-0.2, 0) is 33.9 Å². The average Bonchev–Trinajstić information content (AvgIpc) is 4.23. The summed E-state index contributed by atoms with van der Waals surface area (Å²) in [6.45, 7) is 13.1. The Morgan fingerprint density at radius 2 is 1.79 bits per heavy atom. The number of nitrogens with one attached hydrogen (secondary N) is 2. The summed E-state index contributed by atoms with van der Waals surface area (Å²) in [5.41, 5.74) is 13.2. The van der Waals surface area contributed by atoms with Crippen molar-refractivity contribution in [2.24, 2.45) is 5.41 Å². The predicted octanol–water partition coefficient (Wildman–Crippen LogP) is 8.78. The van der Waals surface area contributed by atoms with Crippen molar-refractivity contribution in [1.29, 1.82) is 0 Å². The first-order valence-corrected chi connectivity index (χ1v) is 27.3. The third-order valence-electron chi connectivity index (χ3n) is 14.0.